The van der Waals surface area contributed by atoms with E-state index in [2.05, 4.69) is 10.3 Å². The van der Waals surface area contributed by atoms with Gasteiger partial charge in [-0.3, -0.25) is 4.98 Å². The molecule has 0 atom stereocenters. The van der Waals surface area contributed by atoms with Crippen LogP contribution in [0.2, 0.25) is 0 Å². The Morgan fingerprint density at radius 3 is 2.65 bits per heavy atom. The summed E-state index contributed by atoms with van der Waals surface area (Å²) in [5.41, 5.74) is 0.0323. The van der Waals surface area contributed by atoms with E-state index in [0.717, 1.165) is 11.6 Å². The number of nitrogens with zero attached hydrogens (tertiary/aromatic N) is 2. The number of nitrogens with one attached hydrogen (secondary N) is 1. The van der Waals surface area contributed by atoms with E-state index in [1.807, 2.05) is 6.07 Å². The average molecular weight is 277 g/mol. The first-order valence-corrected chi connectivity index (χ1v) is 5.75. The molecule has 0 spiro atoms. The second kappa shape index (κ2) is 5.61. The highest BCUT2D eigenvalue weighted by atomic mass is 19.4. The molecule has 0 saturated heterocycles. The summed E-state index contributed by atoms with van der Waals surface area (Å²) in [5, 5.41) is 11.8. The van der Waals surface area contributed by atoms with Gasteiger partial charge in [0.2, 0.25) is 0 Å². The van der Waals surface area contributed by atoms with Gasteiger partial charge in [0.15, 0.2) is 0 Å². The van der Waals surface area contributed by atoms with Gasteiger partial charge in [-0.1, -0.05) is 6.07 Å². The Morgan fingerprint density at radius 2 is 2.05 bits per heavy atom. The fourth-order valence-corrected chi connectivity index (χ4v) is 1.70. The Morgan fingerprint density at radius 1 is 1.25 bits per heavy atom. The molecule has 0 unspecified atom stereocenters. The number of pyridine rings is 1. The summed E-state index contributed by atoms with van der Waals surface area (Å²) < 4.78 is 37.9. The molecule has 0 fully saturated rings. The Hall–Kier alpha value is -2.55. The normalized spacial score (nSPS) is 10.9. The molecule has 2 aromatic rings. The predicted molar refractivity (Wildman–Crippen MR) is 67.7 cm³/mol. The van der Waals surface area contributed by atoms with Crippen molar-refractivity contribution in [2.75, 3.05) is 5.32 Å². The first-order chi connectivity index (χ1) is 9.50. The van der Waals surface area contributed by atoms with Crippen LogP contribution in [-0.2, 0) is 12.7 Å². The molecule has 0 radical (unpaired) electrons. The van der Waals surface area contributed by atoms with Crippen LogP contribution in [0.15, 0.2) is 42.7 Å². The number of hydrogen-bond acceptors (Lipinski definition) is 3. The van der Waals surface area contributed by atoms with Gasteiger partial charge in [0.05, 0.1) is 17.2 Å². The first-order valence-electron chi connectivity index (χ1n) is 5.75. The Labute approximate surface area is 113 Å². The molecule has 20 heavy (non-hydrogen) atoms. The maximum Gasteiger partial charge on any atom is 0.417 e. The predicted octanol–water partition coefficient (Wildman–Crippen LogP) is 3.58. The van der Waals surface area contributed by atoms with Crippen molar-refractivity contribution >= 4 is 5.69 Å². The molecule has 1 aromatic heterocycles. The van der Waals surface area contributed by atoms with Crippen molar-refractivity contribution < 1.29 is 13.2 Å². The van der Waals surface area contributed by atoms with Crippen LogP contribution in [0.4, 0.5) is 18.9 Å². The van der Waals surface area contributed by atoms with E-state index in [9.17, 15) is 13.2 Å². The van der Waals surface area contributed by atoms with Crippen molar-refractivity contribution in [1.29, 1.82) is 5.26 Å². The summed E-state index contributed by atoms with van der Waals surface area (Å²) in [4.78, 5) is 3.94. The van der Waals surface area contributed by atoms with Gasteiger partial charge in [-0.05, 0) is 29.8 Å². The number of rotatable bonds is 3. The number of benzene rings is 1. The molecule has 0 aliphatic rings. The van der Waals surface area contributed by atoms with Crippen LogP contribution >= 0.6 is 0 Å². The Kier molecular flexibility index (Phi) is 3.89. The van der Waals surface area contributed by atoms with Crippen molar-refractivity contribution in [2.45, 2.75) is 12.7 Å². The zero-order chi connectivity index (χ0) is 14.6. The fourth-order valence-electron chi connectivity index (χ4n) is 1.70. The van der Waals surface area contributed by atoms with Crippen molar-refractivity contribution in [2.24, 2.45) is 0 Å². The van der Waals surface area contributed by atoms with E-state index < -0.39 is 17.3 Å². The molecule has 3 nitrogen and oxygen atoms in total. The number of anilines is 1. The van der Waals surface area contributed by atoms with E-state index in [1.165, 1.54) is 12.1 Å². The Bertz CT molecular complexity index is 630. The van der Waals surface area contributed by atoms with Gasteiger partial charge >= 0.3 is 6.18 Å². The van der Waals surface area contributed by atoms with E-state index in [-0.39, 0.29) is 0 Å². The fraction of sp³-hybridized carbons (Fsp3) is 0.143. The number of halogens is 3. The minimum atomic E-state index is -4.52. The summed E-state index contributed by atoms with van der Waals surface area (Å²) in [6.07, 6.45) is -1.23. The van der Waals surface area contributed by atoms with E-state index in [1.54, 1.807) is 24.5 Å². The van der Waals surface area contributed by atoms with Gasteiger partial charge in [-0.2, -0.15) is 18.4 Å². The van der Waals surface area contributed by atoms with Crippen LogP contribution < -0.4 is 5.32 Å². The van der Waals surface area contributed by atoms with Gasteiger partial charge in [0.1, 0.15) is 0 Å². The lowest BCUT2D eigenvalue weighted by atomic mass is 10.1. The Balaban J connectivity index is 2.17. The van der Waals surface area contributed by atoms with E-state index in [4.69, 9.17) is 5.26 Å². The standard InChI is InChI=1S/C14H10F3N3/c15-14(16,17)13-4-3-12(6-11(13)7-18)20-9-10-2-1-5-19-8-10/h1-6,8,20H,9H2. The molecule has 0 amide bonds. The molecule has 1 N–H and O–H groups in total. The molecule has 102 valence electrons. The van der Waals surface area contributed by atoms with E-state index in [0.29, 0.717) is 12.2 Å². The highest BCUT2D eigenvalue weighted by Gasteiger charge is 2.33. The number of nitriles is 1. The second-order valence-electron chi connectivity index (χ2n) is 4.08. The highest BCUT2D eigenvalue weighted by molar-refractivity contribution is 5.53. The third-order valence-electron chi connectivity index (χ3n) is 2.66. The van der Waals surface area contributed by atoms with Crippen LogP contribution in [0.25, 0.3) is 0 Å². The van der Waals surface area contributed by atoms with Gasteiger partial charge < -0.3 is 5.32 Å². The summed E-state index contributed by atoms with van der Waals surface area (Å²) in [6.45, 7) is 0.421. The second-order valence-corrected chi connectivity index (χ2v) is 4.08. The number of alkyl halides is 3. The molecule has 0 aliphatic heterocycles. The monoisotopic (exact) mass is 277 g/mol. The maximum atomic E-state index is 12.6. The smallest absolute Gasteiger partial charge is 0.381 e. The van der Waals surface area contributed by atoms with Crippen LogP contribution in [0.3, 0.4) is 0 Å². The van der Waals surface area contributed by atoms with Crippen molar-refractivity contribution in [1.82, 2.24) is 4.98 Å². The molecule has 0 bridgehead atoms. The lowest BCUT2D eigenvalue weighted by Gasteiger charge is -2.11. The minimum Gasteiger partial charge on any atom is -0.381 e. The molecule has 2 rings (SSSR count). The van der Waals surface area contributed by atoms with Crippen LogP contribution in [0.5, 0.6) is 0 Å². The zero-order valence-electron chi connectivity index (χ0n) is 10.3. The maximum absolute atomic E-state index is 12.6. The quantitative estimate of drug-likeness (QED) is 0.932. The average Bonchev–Trinajstić information content (AvgIpc) is 2.45. The van der Waals surface area contributed by atoms with Gasteiger partial charge in [0, 0.05) is 24.6 Å². The lowest BCUT2D eigenvalue weighted by Crippen LogP contribution is -2.08. The molecule has 1 aromatic carbocycles. The SMILES string of the molecule is N#Cc1cc(NCc2cccnc2)ccc1C(F)(F)F. The molecular formula is C14H10F3N3. The number of hydrogen-bond donors (Lipinski definition) is 1. The van der Waals surface area contributed by atoms with Crippen LogP contribution in [0.1, 0.15) is 16.7 Å². The molecular weight excluding hydrogens is 267 g/mol. The zero-order valence-corrected chi connectivity index (χ0v) is 10.3. The third-order valence-corrected chi connectivity index (χ3v) is 2.66. The highest BCUT2D eigenvalue weighted by Crippen LogP contribution is 2.33. The summed E-state index contributed by atoms with van der Waals surface area (Å²) >= 11 is 0. The third kappa shape index (κ3) is 3.26. The largest absolute Gasteiger partial charge is 0.417 e. The topological polar surface area (TPSA) is 48.7 Å². The van der Waals surface area contributed by atoms with E-state index >= 15 is 0 Å². The number of aromatic nitrogens is 1. The molecule has 1 heterocycles. The minimum absolute atomic E-state index is 0.395. The van der Waals surface area contributed by atoms with Gasteiger partial charge in [-0.25, -0.2) is 0 Å². The summed E-state index contributed by atoms with van der Waals surface area (Å²) in [5.74, 6) is 0. The summed E-state index contributed by atoms with van der Waals surface area (Å²) in [6, 6.07) is 8.59. The van der Waals surface area contributed by atoms with Crippen molar-refractivity contribution in [3.05, 3.63) is 59.4 Å². The van der Waals surface area contributed by atoms with Gasteiger partial charge in [0.25, 0.3) is 0 Å². The van der Waals surface area contributed by atoms with Crippen molar-refractivity contribution in [3.63, 3.8) is 0 Å². The van der Waals surface area contributed by atoms with Crippen LogP contribution in [-0.4, -0.2) is 4.98 Å². The molecule has 0 aliphatic carbocycles. The molecule has 6 heteroatoms. The lowest BCUT2D eigenvalue weighted by molar-refractivity contribution is -0.137. The van der Waals surface area contributed by atoms with Crippen molar-refractivity contribution in [3.8, 4) is 6.07 Å². The molecule has 0 saturated carbocycles. The first kappa shape index (κ1) is 13.9. The summed E-state index contributed by atoms with van der Waals surface area (Å²) in [7, 11) is 0. The van der Waals surface area contributed by atoms with Crippen LogP contribution in [0, 0.1) is 11.3 Å². The van der Waals surface area contributed by atoms with Gasteiger partial charge in [-0.15, -0.1) is 0 Å².